The summed E-state index contributed by atoms with van der Waals surface area (Å²) in [6.45, 7) is 2.45. The third-order valence-corrected chi connectivity index (χ3v) is 5.68. The second kappa shape index (κ2) is 8.47. The van der Waals surface area contributed by atoms with Crippen LogP contribution in [0, 0.1) is 6.92 Å². The molecular weight excluding hydrogens is 414 g/mol. The summed E-state index contributed by atoms with van der Waals surface area (Å²) >= 11 is 3.35. The van der Waals surface area contributed by atoms with Gasteiger partial charge in [-0.3, -0.25) is 9.00 Å². The first kappa shape index (κ1) is 18.6. The number of halogens is 1. The SMILES string of the molecule is Cc1ccc(CNC(=O)c2ccc(C[S@](=O)c3ccc(Br)cc3)o2)cc1. The molecule has 1 amide bonds. The summed E-state index contributed by atoms with van der Waals surface area (Å²) in [6, 6.07) is 18.6. The molecule has 0 bridgehead atoms. The van der Waals surface area contributed by atoms with Gasteiger partial charge in [0.25, 0.3) is 5.91 Å². The van der Waals surface area contributed by atoms with E-state index in [1.807, 2.05) is 43.3 Å². The number of aryl methyl sites for hydroxylation is 1. The average Bonchev–Trinajstić information content (AvgIpc) is 3.10. The third-order valence-electron chi connectivity index (χ3n) is 3.81. The van der Waals surface area contributed by atoms with E-state index in [4.69, 9.17) is 4.42 Å². The topological polar surface area (TPSA) is 59.3 Å². The van der Waals surface area contributed by atoms with Crippen molar-refractivity contribution in [3.05, 3.63) is 87.8 Å². The van der Waals surface area contributed by atoms with Gasteiger partial charge in [-0.2, -0.15) is 0 Å². The number of carbonyl (C=O) groups is 1. The van der Waals surface area contributed by atoms with Crippen LogP contribution in [-0.2, 0) is 23.1 Å². The lowest BCUT2D eigenvalue weighted by Crippen LogP contribution is -2.22. The van der Waals surface area contributed by atoms with Crippen molar-refractivity contribution in [2.75, 3.05) is 0 Å². The summed E-state index contributed by atoms with van der Waals surface area (Å²) in [5.41, 5.74) is 2.20. The smallest absolute Gasteiger partial charge is 0.287 e. The standard InChI is InChI=1S/C20H18BrNO3S/c1-14-2-4-15(5-3-14)12-22-20(23)19-11-8-17(25-19)13-26(24)18-9-6-16(21)7-10-18/h2-11H,12-13H2,1H3,(H,22,23)/t26-/m0/s1. The zero-order valence-electron chi connectivity index (χ0n) is 14.2. The molecule has 0 spiro atoms. The van der Waals surface area contributed by atoms with Crippen molar-refractivity contribution < 1.29 is 13.4 Å². The van der Waals surface area contributed by atoms with Gasteiger partial charge in [0, 0.05) is 15.9 Å². The molecular formula is C20H18BrNO3S. The van der Waals surface area contributed by atoms with Gasteiger partial charge in [0.05, 0.1) is 16.6 Å². The van der Waals surface area contributed by atoms with E-state index in [-0.39, 0.29) is 17.4 Å². The highest BCUT2D eigenvalue weighted by Crippen LogP contribution is 2.18. The fourth-order valence-electron chi connectivity index (χ4n) is 2.35. The van der Waals surface area contributed by atoms with Crippen molar-refractivity contribution in [2.24, 2.45) is 0 Å². The van der Waals surface area contributed by atoms with Gasteiger partial charge in [-0.25, -0.2) is 0 Å². The maximum Gasteiger partial charge on any atom is 0.287 e. The molecule has 2 aromatic carbocycles. The summed E-state index contributed by atoms with van der Waals surface area (Å²) in [6.07, 6.45) is 0. The van der Waals surface area contributed by atoms with Gasteiger partial charge in [0.1, 0.15) is 5.76 Å². The molecule has 0 aliphatic rings. The van der Waals surface area contributed by atoms with Crippen molar-refractivity contribution in [1.82, 2.24) is 5.32 Å². The number of carbonyl (C=O) groups excluding carboxylic acids is 1. The quantitative estimate of drug-likeness (QED) is 0.620. The Morgan fingerprint density at radius 2 is 1.73 bits per heavy atom. The maximum atomic E-state index is 12.4. The molecule has 4 nitrogen and oxygen atoms in total. The van der Waals surface area contributed by atoms with Crippen LogP contribution in [0.3, 0.4) is 0 Å². The molecule has 0 aliphatic carbocycles. The van der Waals surface area contributed by atoms with Crippen molar-refractivity contribution in [1.29, 1.82) is 0 Å². The minimum atomic E-state index is -1.22. The van der Waals surface area contributed by atoms with Crippen LogP contribution in [0.5, 0.6) is 0 Å². The highest BCUT2D eigenvalue weighted by Gasteiger charge is 2.13. The lowest BCUT2D eigenvalue weighted by Gasteiger charge is -2.04. The maximum absolute atomic E-state index is 12.4. The molecule has 0 unspecified atom stereocenters. The zero-order valence-corrected chi connectivity index (χ0v) is 16.6. The van der Waals surface area contributed by atoms with Crippen LogP contribution in [0.4, 0.5) is 0 Å². The predicted octanol–water partition coefficient (Wildman–Crippen LogP) is 4.59. The summed E-state index contributed by atoms with van der Waals surface area (Å²) in [7, 11) is -1.22. The van der Waals surface area contributed by atoms with Crippen molar-refractivity contribution in [3.8, 4) is 0 Å². The fraction of sp³-hybridized carbons (Fsp3) is 0.150. The lowest BCUT2D eigenvalue weighted by molar-refractivity contribution is 0.0921. The van der Waals surface area contributed by atoms with Crippen molar-refractivity contribution >= 4 is 32.6 Å². The number of amides is 1. The Morgan fingerprint density at radius 1 is 1.04 bits per heavy atom. The monoisotopic (exact) mass is 431 g/mol. The second-order valence-electron chi connectivity index (χ2n) is 5.88. The van der Waals surface area contributed by atoms with Gasteiger partial charge in [-0.05, 0) is 48.9 Å². The van der Waals surface area contributed by atoms with E-state index in [9.17, 15) is 9.00 Å². The van der Waals surface area contributed by atoms with Crippen LogP contribution in [0.2, 0.25) is 0 Å². The molecule has 134 valence electrons. The molecule has 1 N–H and O–H groups in total. The molecule has 0 saturated carbocycles. The van der Waals surface area contributed by atoms with Gasteiger partial charge in [-0.15, -0.1) is 0 Å². The van der Waals surface area contributed by atoms with Gasteiger partial charge < -0.3 is 9.73 Å². The van der Waals surface area contributed by atoms with Crippen LogP contribution >= 0.6 is 15.9 Å². The number of rotatable bonds is 6. The molecule has 1 atom stereocenters. The van der Waals surface area contributed by atoms with E-state index in [2.05, 4.69) is 21.2 Å². The molecule has 3 aromatic rings. The van der Waals surface area contributed by atoms with E-state index >= 15 is 0 Å². The first-order valence-corrected chi connectivity index (χ1v) is 10.2. The molecule has 6 heteroatoms. The van der Waals surface area contributed by atoms with Gasteiger partial charge in [-0.1, -0.05) is 45.8 Å². The molecule has 3 rings (SSSR count). The minimum Gasteiger partial charge on any atom is -0.455 e. The predicted molar refractivity (Wildman–Crippen MR) is 105 cm³/mol. The van der Waals surface area contributed by atoms with E-state index in [1.54, 1.807) is 24.3 Å². The molecule has 0 radical (unpaired) electrons. The molecule has 1 heterocycles. The first-order valence-electron chi connectivity index (χ1n) is 8.07. The number of hydrogen-bond acceptors (Lipinski definition) is 3. The molecule has 26 heavy (non-hydrogen) atoms. The van der Waals surface area contributed by atoms with Crippen molar-refractivity contribution in [2.45, 2.75) is 24.1 Å². The highest BCUT2D eigenvalue weighted by atomic mass is 79.9. The number of benzene rings is 2. The second-order valence-corrected chi connectivity index (χ2v) is 8.24. The Kier molecular flexibility index (Phi) is 6.06. The van der Waals surface area contributed by atoms with Crippen LogP contribution in [-0.4, -0.2) is 10.1 Å². The number of nitrogens with one attached hydrogen (secondary N) is 1. The Morgan fingerprint density at radius 3 is 2.42 bits per heavy atom. The van der Waals surface area contributed by atoms with Crippen molar-refractivity contribution in [3.63, 3.8) is 0 Å². The molecule has 0 saturated heterocycles. The van der Waals surface area contributed by atoms with Crippen LogP contribution < -0.4 is 5.32 Å². The van der Waals surface area contributed by atoms with Gasteiger partial charge in [0.2, 0.25) is 0 Å². The fourth-order valence-corrected chi connectivity index (χ4v) is 3.64. The van der Waals surface area contributed by atoms with Gasteiger partial charge in [0.15, 0.2) is 5.76 Å². The average molecular weight is 432 g/mol. The summed E-state index contributed by atoms with van der Waals surface area (Å²) < 4.78 is 18.9. The molecule has 0 fully saturated rings. The Labute approximate surface area is 163 Å². The first-order chi connectivity index (χ1) is 12.5. The summed E-state index contributed by atoms with van der Waals surface area (Å²) in [4.78, 5) is 12.9. The Bertz CT molecular complexity index is 917. The van der Waals surface area contributed by atoms with E-state index in [1.165, 1.54) is 5.56 Å². The molecule has 0 aliphatic heterocycles. The zero-order chi connectivity index (χ0) is 18.5. The summed E-state index contributed by atoms with van der Waals surface area (Å²) in [5, 5.41) is 2.83. The molecule has 1 aromatic heterocycles. The highest BCUT2D eigenvalue weighted by molar-refractivity contribution is 9.10. The Hall–Kier alpha value is -2.18. The number of furan rings is 1. The van der Waals surface area contributed by atoms with Crippen LogP contribution in [0.15, 0.2) is 74.4 Å². The minimum absolute atomic E-state index is 0.222. The van der Waals surface area contributed by atoms with Crippen LogP contribution in [0.1, 0.15) is 27.4 Å². The Balaban J connectivity index is 1.58. The van der Waals surface area contributed by atoms with E-state index in [0.29, 0.717) is 12.3 Å². The largest absolute Gasteiger partial charge is 0.455 e. The summed E-state index contributed by atoms with van der Waals surface area (Å²) in [5.74, 6) is 0.685. The lowest BCUT2D eigenvalue weighted by atomic mass is 10.1. The van der Waals surface area contributed by atoms with Gasteiger partial charge >= 0.3 is 0 Å². The van der Waals surface area contributed by atoms with E-state index in [0.717, 1.165) is 14.9 Å². The third kappa shape index (κ3) is 4.93. The van der Waals surface area contributed by atoms with E-state index < -0.39 is 10.8 Å². The van der Waals surface area contributed by atoms with Crippen LogP contribution in [0.25, 0.3) is 0 Å². The normalized spacial score (nSPS) is 11.9. The number of hydrogen-bond donors (Lipinski definition) is 1.